The van der Waals surface area contributed by atoms with Gasteiger partial charge in [0.2, 0.25) is 0 Å². The van der Waals surface area contributed by atoms with E-state index >= 15 is 0 Å². The largest absolute Gasteiger partial charge is 0.316 e. The summed E-state index contributed by atoms with van der Waals surface area (Å²) < 4.78 is 0. The van der Waals surface area contributed by atoms with Gasteiger partial charge in [-0.05, 0) is 63.7 Å². The van der Waals surface area contributed by atoms with Crippen LogP contribution in [0.25, 0.3) is 0 Å². The summed E-state index contributed by atoms with van der Waals surface area (Å²) >= 11 is 0. The SMILES string of the molecule is CCC(C)CNCCCC1CCCNC1. The molecule has 1 saturated heterocycles. The molecule has 2 nitrogen and oxygen atoms in total. The molecule has 2 heteroatoms. The summed E-state index contributed by atoms with van der Waals surface area (Å²) in [6.45, 7) is 9.48. The molecule has 0 amide bonds. The number of nitrogens with one attached hydrogen (secondary N) is 2. The van der Waals surface area contributed by atoms with Gasteiger partial charge in [-0.1, -0.05) is 20.3 Å². The highest BCUT2D eigenvalue weighted by atomic mass is 14.9. The van der Waals surface area contributed by atoms with Gasteiger partial charge in [-0.15, -0.1) is 0 Å². The summed E-state index contributed by atoms with van der Waals surface area (Å²) in [6.07, 6.45) is 6.87. The van der Waals surface area contributed by atoms with Gasteiger partial charge in [0.1, 0.15) is 0 Å². The van der Waals surface area contributed by atoms with Crippen molar-refractivity contribution in [1.82, 2.24) is 10.6 Å². The third kappa shape index (κ3) is 6.16. The molecule has 2 atom stereocenters. The Bertz CT molecular complexity index is 141. The minimum Gasteiger partial charge on any atom is -0.316 e. The van der Waals surface area contributed by atoms with Crippen LogP contribution < -0.4 is 10.6 Å². The Labute approximate surface area is 95.2 Å². The molecule has 1 aliphatic rings. The molecular weight excluding hydrogens is 184 g/mol. The predicted molar refractivity (Wildman–Crippen MR) is 67.2 cm³/mol. The zero-order valence-corrected chi connectivity index (χ0v) is 10.5. The standard InChI is InChI=1S/C13H28N2/c1-3-12(2)10-14-8-4-6-13-7-5-9-15-11-13/h12-15H,3-11H2,1-2H3. The van der Waals surface area contributed by atoms with Gasteiger partial charge in [-0.2, -0.15) is 0 Å². The van der Waals surface area contributed by atoms with Gasteiger partial charge in [0, 0.05) is 0 Å². The monoisotopic (exact) mass is 212 g/mol. The Morgan fingerprint density at radius 2 is 2.33 bits per heavy atom. The minimum absolute atomic E-state index is 0.835. The van der Waals surface area contributed by atoms with Crippen LogP contribution in [0, 0.1) is 11.8 Å². The van der Waals surface area contributed by atoms with E-state index in [9.17, 15) is 0 Å². The summed E-state index contributed by atoms with van der Waals surface area (Å²) in [6, 6.07) is 0. The normalized spacial score (nSPS) is 24.0. The first kappa shape index (κ1) is 13.0. The molecule has 0 aromatic carbocycles. The van der Waals surface area contributed by atoms with Crippen molar-refractivity contribution in [1.29, 1.82) is 0 Å². The molecule has 0 spiro atoms. The summed E-state index contributed by atoms with van der Waals surface area (Å²) in [4.78, 5) is 0. The number of hydrogen-bond acceptors (Lipinski definition) is 2. The first-order valence-electron chi connectivity index (χ1n) is 6.74. The fourth-order valence-electron chi connectivity index (χ4n) is 2.18. The average Bonchev–Trinajstić information content (AvgIpc) is 2.29. The average molecular weight is 212 g/mol. The zero-order chi connectivity index (χ0) is 10.9. The molecule has 0 radical (unpaired) electrons. The van der Waals surface area contributed by atoms with Crippen LogP contribution in [0.3, 0.4) is 0 Å². The van der Waals surface area contributed by atoms with Gasteiger partial charge >= 0.3 is 0 Å². The van der Waals surface area contributed by atoms with E-state index in [0.717, 1.165) is 11.8 Å². The van der Waals surface area contributed by atoms with Crippen LogP contribution in [0.5, 0.6) is 0 Å². The maximum absolute atomic E-state index is 3.56. The molecule has 1 heterocycles. The van der Waals surface area contributed by atoms with Crippen molar-refractivity contribution in [3.8, 4) is 0 Å². The van der Waals surface area contributed by atoms with Crippen molar-refractivity contribution in [2.45, 2.75) is 46.0 Å². The van der Waals surface area contributed by atoms with E-state index in [1.807, 2.05) is 0 Å². The highest BCUT2D eigenvalue weighted by Gasteiger charge is 2.11. The van der Waals surface area contributed by atoms with Crippen molar-refractivity contribution in [2.24, 2.45) is 11.8 Å². The van der Waals surface area contributed by atoms with E-state index in [1.54, 1.807) is 0 Å². The molecular formula is C13H28N2. The third-order valence-corrected chi connectivity index (χ3v) is 3.55. The highest BCUT2D eigenvalue weighted by molar-refractivity contribution is 4.69. The van der Waals surface area contributed by atoms with E-state index in [1.165, 1.54) is 58.3 Å². The molecule has 1 fully saturated rings. The Morgan fingerprint density at radius 1 is 1.47 bits per heavy atom. The number of rotatable bonds is 7. The molecule has 0 aromatic rings. The molecule has 2 N–H and O–H groups in total. The molecule has 0 aliphatic carbocycles. The van der Waals surface area contributed by atoms with Gasteiger partial charge in [0.15, 0.2) is 0 Å². The van der Waals surface area contributed by atoms with Gasteiger partial charge < -0.3 is 10.6 Å². The van der Waals surface area contributed by atoms with Crippen LogP contribution in [0.4, 0.5) is 0 Å². The van der Waals surface area contributed by atoms with E-state index < -0.39 is 0 Å². The Kier molecular flexibility index (Phi) is 7.03. The van der Waals surface area contributed by atoms with Crippen molar-refractivity contribution in [3.05, 3.63) is 0 Å². The second-order valence-corrected chi connectivity index (χ2v) is 5.07. The quantitative estimate of drug-likeness (QED) is 0.633. The van der Waals surface area contributed by atoms with E-state index in [4.69, 9.17) is 0 Å². The Hall–Kier alpha value is -0.0800. The summed E-state index contributed by atoms with van der Waals surface area (Å²) in [7, 11) is 0. The van der Waals surface area contributed by atoms with Crippen molar-refractivity contribution < 1.29 is 0 Å². The van der Waals surface area contributed by atoms with Crippen molar-refractivity contribution >= 4 is 0 Å². The van der Waals surface area contributed by atoms with Crippen LogP contribution in [0.2, 0.25) is 0 Å². The number of hydrogen-bond donors (Lipinski definition) is 2. The van der Waals surface area contributed by atoms with E-state index in [0.29, 0.717) is 0 Å². The lowest BCUT2D eigenvalue weighted by Crippen LogP contribution is -2.30. The molecule has 90 valence electrons. The topological polar surface area (TPSA) is 24.1 Å². The van der Waals surface area contributed by atoms with Crippen LogP contribution in [0.1, 0.15) is 46.0 Å². The van der Waals surface area contributed by atoms with Crippen LogP contribution >= 0.6 is 0 Å². The van der Waals surface area contributed by atoms with Gasteiger partial charge in [0.25, 0.3) is 0 Å². The predicted octanol–water partition coefficient (Wildman–Crippen LogP) is 2.40. The second kappa shape index (κ2) is 8.12. The summed E-state index contributed by atoms with van der Waals surface area (Å²) in [5.74, 6) is 1.78. The molecule has 1 aliphatic heterocycles. The lowest BCUT2D eigenvalue weighted by Gasteiger charge is -2.22. The minimum atomic E-state index is 0.835. The lowest BCUT2D eigenvalue weighted by molar-refractivity contribution is 0.346. The summed E-state index contributed by atoms with van der Waals surface area (Å²) in [5.41, 5.74) is 0. The smallest absolute Gasteiger partial charge is 0.00205 e. The lowest BCUT2D eigenvalue weighted by atomic mass is 9.95. The Balaban J connectivity index is 1.87. The fourth-order valence-corrected chi connectivity index (χ4v) is 2.18. The molecule has 0 aromatic heterocycles. The first-order chi connectivity index (χ1) is 7.33. The maximum atomic E-state index is 3.56. The summed E-state index contributed by atoms with van der Waals surface area (Å²) in [5, 5.41) is 7.04. The van der Waals surface area contributed by atoms with E-state index in [2.05, 4.69) is 24.5 Å². The van der Waals surface area contributed by atoms with Crippen LogP contribution in [-0.4, -0.2) is 26.2 Å². The van der Waals surface area contributed by atoms with Gasteiger partial charge in [-0.25, -0.2) is 0 Å². The molecule has 0 bridgehead atoms. The molecule has 2 unspecified atom stereocenters. The van der Waals surface area contributed by atoms with Crippen molar-refractivity contribution in [2.75, 3.05) is 26.2 Å². The van der Waals surface area contributed by atoms with E-state index in [-0.39, 0.29) is 0 Å². The number of piperidine rings is 1. The maximum Gasteiger partial charge on any atom is -0.00205 e. The molecule has 0 saturated carbocycles. The van der Waals surface area contributed by atoms with Gasteiger partial charge in [0.05, 0.1) is 0 Å². The Morgan fingerprint density at radius 3 is 3.00 bits per heavy atom. The zero-order valence-electron chi connectivity index (χ0n) is 10.5. The highest BCUT2D eigenvalue weighted by Crippen LogP contribution is 2.15. The second-order valence-electron chi connectivity index (χ2n) is 5.07. The van der Waals surface area contributed by atoms with Crippen molar-refractivity contribution in [3.63, 3.8) is 0 Å². The third-order valence-electron chi connectivity index (χ3n) is 3.55. The molecule has 15 heavy (non-hydrogen) atoms. The van der Waals surface area contributed by atoms with Gasteiger partial charge in [-0.3, -0.25) is 0 Å². The van der Waals surface area contributed by atoms with Crippen LogP contribution in [0.15, 0.2) is 0 Å². The first-order valence-corrected chi connectivity index (χ1v) is 6.74. The molecule has 1 rings (SSSR count). The fraction of sp³-hybridized carbons (Fsp3) is 1.00. The van der Waals surface area contributed by atoms with Crippen LogP contribution in [-0.2, 0) is 0 Å².